The predicted molar refractivity (Wildman–Crippen MR) is 113 cm³/mol. The number of carbonyl (C=O) groups is 2. The molecule has 0 radical (unpaired) electrons. The van der Waals surface area contributed by atoms with Gasteiger partial charge in [0, 0.05) is 17.7 Å². The standard InChI is InChI=1S/C21H24N2O5S/c1-14-6-4-8-17(12-14)20(24)22-19(10-11-29-3)21(25)28-15(2)16-7-5-9-18(13-16)23(26)27/h4-9,12-13,15,19H,10-11H2,1-3H3,(H,22,24)/t15-,19-/m0/s1. The average molecular weight is 416 g/mol. The number of nitro benzene ring substituents is 1. The van der Waals surface area contributed by atoms with Crippen LogP contribution in [0.3, 0.4) is 0 Å². The number of esters is 1. The van der Waals surface area contributed by atoms with E-state index in [0.29, 0.717) is 23.3 Å². The maximum Gasteiger partial charge on any atom is 0.329 e. The van der Waals surface area contributed by atoms with E-state index in [9.17, 15) is 19.7 Å². The Balaban J connectivity index is 2.10. The van der Waals surface area contributed by atoms with Gasteiger partial charge in [0.25, 0.3) is 11.6 Å². The summed E-state index contributed by atoms with van der Waals surface area (Å²) in [6.45, 7) is 3.53. The highest BCUT2D eigenvalue weighted by Crippen LogP contribution is 2.22. The summed E-state index contributed by atoms with van der Waals surface area (Å²) in [4.78, 5) is 35.7. The van der Waals surface area contributed by atoms with Gasteiger partial charge in [0.1, 0.15) is 12.1 Å². The fraction of sp³-hybridized carbons (Fsp3) is 0.333. The lowest BCUT2D eigenvalue weighted by atomic mass is 10.1. The third kappa shape index (κ3) is 6.60. The Labute approximate surface area is 174 Å². The van der Waals surface area contributed by atoms with Crippen molar-refractivity contribution in [3.63, 3.8) is 0 Å². The summed E-state index contributed by atoms with van der Waals surface area (Å²) in [7, 11) is 0. The second-order valence-corrected chi connectivity index (χ2v) is 7.59. The molecule has 0 saturated heterocycles. The van der Waals surface area contributed by atoms with E-state index >= 15 is 0 Å². The molecule has 0 aromatic heterocycles. The summed E-state index contributed by atoms with van der Waals surface area (Å²) in [5.74, 6) is -0.252. The Bertz CT molecular complexity index is 887. The van der Waals surface area contributed by atoms with Crippen LogP contribution in [0, 0.1) is 17.0 Å². The molecule has 2 aromatic carbocycles. The zero-order chi connectivity index (χ0) is 21.4. The molecular formula is C21H24N2O5S. The van der Waals surface area contributed by atoms with Gasteiger partial charge in [0.15, 0.2) is 0 Å². The molecule has 0 heterocycles. The first-order valence-electron chi connectivity index (χ1n) is 9.13. The lowest BCUT2D eigenvalue weighted by Crippen LogP contribution is -2.42. The van der Waals surface area contributed by atoms with Crippen molar-refractivity contribution in [3.05, 3.63) is 75.3 Å². The van der Waals surface area contributed by atoms with Crippen molar-refractivity contribution >= 4 is 29.3 Å². The van der Waals surface area contributed by atoms with Gasteiger partial charge in [-0.1, -0.05) is 29.8 Å². The van der Waals surface area contributed by atoms with Crippen LogP contribution in [0.1, 0.15) is 40.9 Å². The molecule has 0 saturated carbocycles. The molecule has 1 N–H and O–H groups in total. The molecule has 0 unspecified atom stereocenters. The number of nitro groups is 1. The minimum atomic E-state index is -0.809. The summed E-state index contributed by atoms with van der Waals surface area (Å²) in [6, 6.07) is 12.2. The summed E-state index contributed by atoms with van der Waals surface area (Å²) < 4.78 is 5.51. The van der Waals surface area contributed by atoms with Crippen LogP contribution in [0.25, 0.3) is 0 Å². The van der Waals surface area contributed by atoms with Gasteiger partial charge in [-0.15, -0.1) is 0 Å². The first-order chi connectivity index (χ1) is 13.8. The number of thioether (sulfide) groups is 1. The van der Waals surface area contributed by atoms with E-state index in [1.165, 1.54) is 12.1 Å². The minimum absolute atomic E-state index is 0.0721. The number of rotatable bonds is 9. The third-order valence-electron chi connectivity index (χ3n) is 4.32. The molecule has 0 aliphatic rings. The number of hydrogen-bond acceptors (Lipinski definition) is 6. The molecule has 2 aromatic rings. The molecule has 2 rings (SSSR count). The first kappa shape index (κ1) is 22.4. The number of non-ortho nitro benzene ring substituents is 1. The van der Waals surface area contributed by atoms with Crippen LogP contribution in [0.15, 0.2) is 48.5 Å². The van der Waals surface area contributed by atoms with E-state index in [1.54, 1.807) is 49.0 Å². The Morgan fingerprint density at radius 3 is 2.59 bits per heavy atom. The van der Waals surface area contributed by atoms with Crippen molar-refractivity contribution in [2.24, 2.45) is 0 Å². The summed E-state index contributed by atoms with van der Waals surface area (Å²) in [5, 5.41) is 13.7. The van der Waals surface area contributed by atoms with Gasteiger partial charge < -0.3 is 10.1 Å². The van der Waals surface area contributed by atoms with Crippen LogP contribution in [-0.2, 0) is 9.53 Å². The molecule has 7 nitrogen and oxygen atoms in total. The van der Waals surface area contributed by atoms with E-state index in [1.807, 2.05) is 19.2 Å². The Hall–Kier alpha value is -2.87. The van der Waals surface area contributed by atoms with Gasteiger partial charge in [-0.25, -0.2) is 4.79 Å². The predicted octanol–water partition coefficient (Wildman–Crippen LogP) is 4.06. The van der Waals surface area contributed by atoms with Crippen LogP contribution in [0.2, 0.25) is 0 Å². The summed E-state index contributed by atoms with van der Waals surface area (Å²) >= 11 is 1.56. The first-order valence-corrected chi connectivity index (χ1v) is 10.5. The number of ether oxygens (including phenoxy) is 1. The van der Waals surface area contributed by atoms with Crippen LogP contribution in [0.5, 0.6) is 0 Å². The summed E-state index contributed by atoms with van der Waals surface area (Å²) in [5.41, 5.74) is 1.86. The molecule has 2 atom stereocenters. The van der Waals surface area contributed by atoms with Crippen molar-refractivity contribution < 1.29 is 19.2 Å². The molecule has 0 bridgehead atoms. The second kappa shape index (κ2) is 10.6. The molecule has 8 heteroatoms. The fourth-order valence-electron chi connectivity index (χ4n) is 2.73. The van der Waals surface area contributed by atoms with Gasteiger partial charge >= 0.3 is 5.97 Å². The lowest BCUT2D eigenvalue weighted by molar-refractivity contribution is -0.385. The zero-order valence-electron chi connectivity index (χ0n) is 16.6. The van der Waals surface area contributed by atoms with Gasteiger partial charge in [0.2, 0.25) is 0 Å². The SMILES string of the molecule is CSCC[C@H](NC(=O)c1cccc(C)c1)C(=O)O[C@@H](C)c1cccc([N+](=O)[O-])c1. The average Bonchev–Trinajstić information content (AvgIpc) is 2.70. The molecule has 29 heavy (non-hydrogen) atoms. The Kier molecular flexibility index (Phi) is 8.21. The van der Waals surface area contributed by atoms with Crippen molar-refractivity contribution in [1.82, 2.24) is 5.32 Å². The quantitative estimate of drug-likeness (QED) is 0.376. The highest BCUT2D eigenvalue weighted by atomic mass is 32.2. The van der Waals surface area contributed by atoms with Crippen LogP contribution in [0.4, 0.5) is 5.69 Å². The Morgan fingerprint density at radius 1 is 1.21 bits per heavy atom. The molecule has 154 valence electrons. The topological polar surface area (TPSA) is 98.5 Å². The molecule has 0 aliphatic heterocycles. The third-order valence-corrected chi connectivity index (χ3v) is 4.97. The largest absolute Gasteiger partial charge is 0.456 e. The van der Waals surface area contributed by atoms with Crippen molar-refractivity contribution in [3.8, 4) is 0 Å². The van der Waals surface area contributed by atoms with Crippen molar-refractivity contribution in [2.45, 2.75) is 32.4 Å². The van der Waals surface area contributed by atoms with E-state index in [-0.39, 0.29) is 11.6 Å². The number of nitrogens with one attached hydrogen (secondary N) is 1. The normalized spacial score (nSPS) is 12.7. The minimum Gasteiger partial charge on any atom is -0.456 e. The highest BCUT2D eigenvalue weighted by Gasteiger charge is 2.25. The van der Waals surface area contributed by atoms with E-state index < -0.39 is 23.0 Å². The monoisotopic (exact) mass is 416 g/mol. The molecule has 0 fully saturated rings. The van der Waals surface area contributed by atoms with E-state index in [2.05, 4.69) is 5.32 Å². The summed E-state index contributed by atoms with van der Waals surface area (Å²) in [6.07, 6.45) is 1.64. The number of amides is 1. The molecule has 1 amide bonds. The highest BCUT2D eigenvalue weighted by molar-refractivity contribution is 7.98. The lowest BCUT2D eigenvalue weighted by Gasteiger charge is -2.21. The van der Waals surface area contributed by atoms with E-state index in [4.69, 9.17) is 4.74 Å². The molecule has 0 spiro atoms. The maximum atomic E-state index is 12.7. The van der Waals surface area contributed by atoms with Gasteiger partial charge in [0.05, 0.1) is 4.92 Å². The number of nitrogens with zero attached hydrogens (tertiary/aromatic N) is 1. The second-order valence-electron chi connectivity index (χ2n) is 6.61. The smallest absolute Gasteiger partial charge is 0.329 e. The molecular weight excluding hydrogens is 392 g/mol. The number of hydrogen-bond donors (Lipinski definition) is 1. The van der Waals surface area contributed by atoms with Crippen LogP contribution >= 0.6 is 11.8 Å². The van der Waals surface area contributed by atoms with Crippen molar-refractivity contribution in [2.75, 3.05) is 12.0 Å². The van der Waals surface area contributed by atoms with Gasteiger partial charge in [-0.3, -0.25) is 14.9 Å². The zero-order valence-corrected chi connectivity index (χ0v) is 17.4. The van der Waals surface area contributed by atoms with Gasteiger partial charge in [-0.2, -0.15) is 11.8 Å². The fourth-order valence-corrected chi connectivity index (χ4v) is 3.20. The number of carbonyl (C=O) groups excluding carboxylic acids is 2. The van der Waals surface area contributed by atoms with Crippen LogP contribution < -0.4 is 5.32 Å². The van der Waals surface area contributed by atoms with Crippen molar-refractivity contribution in [1.29, 1.82) is 0 Å². The maximum absolute atomic E-state index is 12.7. The van der Waals surface area contributed by atoms with E-state index in [0.717, 1.165) is 5.56 Å². The van der Waals surface area contributed by atoms with Gasteiger partial charge in [-0.05, 0) is 50.0 Å². The molecule has 0 aliphatic carbocycles. The number of benzene rings is 2. The van der Waals surface area contributed by atoms with Crippen LogP contribution in [-0.4, -0.2) is 34.9 Å². The Morgan fingerprint density at radius 2 is 1.93 bits per heavy atom. The number of aryl methyl sites for hydroxylation is 1.